The van der Waals surface area contributed by atoms with Gasteiger partial charge in [-0.05, 0) is 54.4 Å². The number of rotatable bonds is 11. The zero-order valence-corrected chi connectivity index (χ0v) is 20.6. The van der Waals surface area contributed by atoms with Crippen LogP contribution < -0.4 is 19.1 Å². The fourth-order valence-electron chi connectivity index (χ4n) is 3.24. The first kappa shape index (κ1) is 25.4. The number of carbonyl (C=O) groups is 1. The summed E-state index contributed by atoms with van der Waals surface area (Å²) in [6, 6.07) is 20.2. The van der Waals surface area contributed by atoms with E-state index < -0.39 is 22.5 Å². The summed E-state index contributed by atoms with van der Waals surface area (Å²) >= 11 is 6.14. The first-order chi connectivity index (χ1) is 16.3. The molecule has 0 fully saturated rings. The predicted molar refractivity (Wildman–Crippen MR) is 133 cm³/mol. The van der Waals surface area contributed by atoms with Crippen LogP contribution in [-0.4, -0.2) is 41.1 Å². The maximum absolute atomic E-state index is 13.4. The minimum absolute atomic E-state index is 0.0451. The third kappa shape index (κ3) is 6.42. The summed E-state index contributed by atoms with van der Waals surface area (Å²) in [5, 5.41) is 3.02. The first-order valence-electron chi connectivity index (χ1n) is 10.7. The highest BCUT2D eigenvalue weighted by Crippen LogP contribution is 2.34. The number of anilines is 1. The number of carbonyl (C=O) groups excluding carboxylic acids is 1. The normalized spacial score (nSPS) is 11.0. The van der Waals surface area contributed by atoms with E-state index in [1.807, 2.05) is 24.3 Å². The summed E-state index contributed by atoms with van der Waals surface area (Å²) in [6.07, 6.45) is 0.941. The number of hydrogen-bond donors (Lipinski definition) is 1. The molecule has 0 atom stereocenters. The minimum Gasteiger partial charge on any atom is -0.495 e. The molecule has 0 saturated heterocycles. The molecule has 180 valence electrons. The molecule has 3 rings (SSSR count). The van der Waals surface area contributed by atoms with Gasteiger partial charge in [0, 0.05) is 5.02 Å². The van der Waals surface area contributed by atoms with Crippen LogP contribution in [0.4, 0.5) is 5.69 Å². The lowest BCUT2D eigenvalue weighted by Gasteiger charge is -2.25. The molecule has 7 nitrogen and oxygen atoms in total. The van der Waals surface area contributed by atoms with Crippen molar-refractivity contribution in [2.24, 2.45) is 0 Å². The SMILES string of the molecule is CCc1ccc(OCCNC(=O)CN(c2cc(Cl)ccc2OC)S(=O)(=O)c2ccccc2)cc1. The van der Waals surface area contributed by atoms with Gasteiger partial charge in [0.05, 0.1) is 24.2 Å². The van der Waals surface area contributed by atoms with Gasteiger partial charge in [-0.2, -0.15) is 0 Å². The molecule has 0 aliphatic carbocycles. The van der Waals surface area contributed by atoms with Crippen LogP contribution in [0.2, 0.25) is 5.02 Å². The van der Waals surface area contributed by atoms with Crippen LogP contribution in [0.1, 0.15) is 12.5 Å². The van der Waals surface area contributed by atoms with Crippen molar-refractivity contribution in [1.82, 2.24) is 5.32 Å². The average Bonchev–Trinajstić information content (AvgIpc) is 2.86. The lowest BCUT2D eigenvalue weighted by Crippen LogP contribution is -2.42. The molecule has 3 aromatic carbocycles. The number of ether oxygens (including phenoxy) is 2. The summed E-state index contributed by atoms with van der Waals surface area (Å²) < 4.78 is 38.9. The van der Waals surface area contributed by atoms with Crippen LogP contribution in [0.3, 0.4) is 0 Å². The highest BCUT2D eigenvalue weighted by atomic mass is 35.5. The molecule has 1 amide bonds. The Labute approximate surface area is 205 Å². The molecule has 0 aliphatic rings. The van der Waals surface area contributed by atoms with E-state index in [0.29, 0.717) is 10.8 Å². The molecule has 0 aromatic heterocycles. The van der Waals surface area contributed by atoms with E-state index in [2.05, 4.69) is 12.2 Å². The van der Waals surface area contributed by atoms with Gasteiger partial charge in [0.1, 0.15) is 24.7 Å². The molecule has 1 N–H and O–H groups in total. The van der Waals surface area contributed by atoms with Gasteiger partial charge in [-0.25, -0.2) is 8.42 Å². The minimum atomic E-state index is -4.08. The third-order valence-electron chi connectivity index (χ3n) is 5.05. The largest absolute Gasteiger partial charge is 0.495 e. The Morgan fingerprint density at radius 3 is 2.38 bits per heavy atom. The van der Waals surface area contributed by atoms with Crippen LogP contribution in [0.15, 0.2) is 77.7 Å². The molecule has 0 spiro atoms. The Bertz CT molecular complexity index is 1200. The van der Waals surface area contributed by atoms with Crippen LogP contribution in [0.5, 0.6) is 11.5 Å². The fraction of sp³-hybridized carbons (Fsp3) is 0.240. The number of hydrogen-bond acceptors (Lipinski definition) is 5. The van der Waals surface area contributed by atoms with Crippen LogP contribution in [0, 0.1) is 0 Å². The Morgan fingerprint density at radius 2 is 1.74 bits per heavy atom. The quantitative estimate of drug-likeness (QED) is 0.395. The second-order valence-electron chi connectivity index (χ2n) is 7.34. The predicted octanol–water partition coefficient (Wildman–Crippen LogP) is 4.30. The average molecular weight is 503 g/mol. The zero-order valence-electron chi connectivity index (χ0n) is 19.0. The van der Waals surface area contributed by atoms with Crippen LogP contribution in [-0.2, 0) is 21.2 Å². The highest BCUT2D eigenvalue weighted by molar-refractivity contribution is 7.92. The zero-order chi connectivity index (χ0) is 24.6. The number of benzene rings is 3. The van der Waals surface area contributed by atoms with E-state index in [-0.39, 0.29) is 29.5 Å². The van der Waals surface area contributed by atoms with Crippen molar-refractivity contribution >= 4 is 33.2 Å². The van der Waals surface area contributed by atoms with Crippen molar-refractivity contribution in [3.8, 4) is 11.5 Å². The molecule has 0 saturated carbocycles. The molecule has 0 radical (unpaired) electrons. The maximum Gasteiger partial charge on any atom is 0.264 e. The Balaban J connectivity index is 1.74. The van der Waals surface area contributed by atoms with Crippen molar-refractivity contribution in [2.75, 3.05) is 31.1 Å². The van der Waals surface area contributed by atoms with Gasteiger partial charge in [0.15, 0.2) is 0 Å². The number of methoxy groups -OCH3 is 1. The van der Waals surface area contributed by atoms with Gasteiger partial charge in [0.25, 0.3) is 10.0 Å². The van der Waals surface area contributed by atoms with Crippen molar-refractivity contribution in [3.63, 3.8) is 0 Å². The lowest BCUT2D eigenvalue weighted by molar-refractivity contribution is -0.119. The van der Waals surface area contributed by atoms with Gasteiger partial charge in [0.2, 0.25) is 5.91 Å². The summed E-state index contributed by atoms with van der Waals surface area (Å²) in [5.74, 6) is 0.477. The molecule has 0 heterocycles. The van der Waals surface area contributed by atoms with Crippen molar-refractivity contribution in [3.05, 3.63) is 83.4 Å². The van der Waals surface area contributed by atoms with Crippen molar-refractivity contribution in [1.29, 1.82) is 0 Å². The van der Waals surface area contributed by atoms with Crippen LogP contribution in [0.25, 0.3) is 0 Å². The molecule has 9 heteroatoms. The second-order valence-corrected chi connectivity index (χ2v) is 9.64. The van der Waals surface area contributed by atoms with Gasteiger partial charge >= 0.3 is 0 Å². The summed E-state index contributed by atoms with van der Waals surface area (Å²) in [4.78, 5) is 12.8. The second kappa shape index (κ2) is 11.8. The van der Waals surface area contributed by atoms with E-state index in [0.717, 1.165) is 10.7 Å². The Kier molecular flexibility index (Phi) is 8.79. The smallest absolute Gasteiger partial charge is 0.264 e. The molecule has 34 heavy (non-hydrogen) atoms. The first-order valence-corrected chi connectivity index (χ1v) is 12.6. The van der Waals surface area contributed by atoms with E-state index in [1.165, 1.54) is 30.9 Å². The van der Waals surface area contributed by atoms with E-state index in [9.17, 15) is 13.2 Å². The summed E-state index contributed by atoms with van der Waals surface area (Å²) in [7, 11) is -2.66. The van der Waals surface area contributed by atoms with Gasteiger partial charge < -0.3 is 14.8 Å². The number of nitrogens with one attached hydrogen (secondary N) is 1. The molecular weight excluding hydrogens is 476 g/mol. The highest BCUT2D eigenvalue weighted by Gasteiger charge is 2.29. The lowest BCUT2D eigenvalue weighted by atomic mass is 10.2. The fourth-order valence-corrected chi connectivity index (χ4v) is 4.86. The molecule has 0 bridgehead atoms. The summed E-state index contributed by atoms with van der Waals surface area (Å²) in [5.41, 5.74) is 1.37. The van der Waals surface area contributed by atoms with Crippen molar-refractivity contribution < 1.29 is 22.7 Å². The van der Waals surface area contributed by atoms with Crippen LogP contribution >= 0.6 is 11.6 Å². The standard InChI is InChI=1S/C25H27ClN2O5S/c1-3-19-9-12-21(13-10-19)33-16-15-27-25(29)18-28(23-17-20(26)11-14-24(23)32-2)34(30,31)22-7-5-4-6-8-22/h4-14,17H,3,15-16,18H2,1-2H3,(H,27,29). The Hall–Kier alpha value is -3.23. The number of amides is 1. The third-order valence-corrected chi connectivity index (χ3v) is 7.06. The Morgan fingerprint density at radius 1 is 1.03 bits per heavy atom. The monoisotopic (exact) mass is 502 g/mol. The van der Waals surface area contributed by atoms with Gasteiger partial charge in [-0.3, -0.25) is 9.10 Å². The molecule has 0 unspecified atom stereocenters. The van der Waals surface area contributed by atoms with E-state index in [1.54, 1.807) is 30.3 Å². The molecule has 0 aliphatic heterocycles. The molecule has 3 aromatic rings. The molecular formula is C25H27ClN2O5S. The number of aryl methyl sites for hydroxylation is 1. The van der Waals surface area contributed by atoms with Gasteiger partial charge in [-0.15, -0.1) is 0 Å². The van der Waals surface area contributed by atoms with E-state index >= 15 is 0 Å². The van der Waals surface area contributed by atoms with Gasteiger partial charge in [-0.1, -0.05) is 48.9 Å². The topological polar surface area (TPSA) is 84.9 Å². The van der Waals surface area contributed by atoms with Crippen molar-refractivity contribution in [2.45, 2.75) is 18.2 Å². The van der Waals surface area contributed by atoms with E-state index in [4.69, 9.17) is 21.1 Å². The summed E-state index contributed by atoms with van der Waals surface area (Å²) in [6.45, 7) is 2.06. The number of halogens is 1. The maximum atomic E-state index is 13.4. The number of nitrogens with zero attached hydrogens (tertiary/aromatic N) is 1. The number of sulfonamides is 1.